The molecule has 1 heterocycles. The molecule has 0 saturated heterocycles. The van der Waals surface area contributed by atoms with E-state index in [9.17, 15) is 21.6 Å². The highest BCUT2D eigenvalue weighted by Crippen LogP contribution is 2.25. The van der Waals surface area contributed by atoms with Crippen molar-refractivity contribution in [3.63, 3.8) is 0 Å². The van der Waals surface area contributed by atoms with Crippen LogP contribution in [0.15, 0.2) is 12.3 Å². The lowest BCUT2D eigenvalue weighted by molar-refractivity contribution is -0.0549. The third-order valence-electron chi connectivity index (χ3n) is 1.57. The quantitative estimate of drug-likeness (QED) is 0.582. The third kappa shape index (κ3) is 2.69. The predicted octanol–water partition coefficient (Wildman–Crippen LogP) is 0.786. The van der Waals surface area contributed by atoms with E-state index in [4.69, 9.17) is 0 Å². The first-order valence-corrected chi connectivity index (χ1v) is 5.07. The lowest BCUT2D eigenvalue weighted by Gasteiger charge is -2.07. The number of hydrogen-bond acceptors (Lipinski definition) is 4. The van der Waals surface area contributed by atoms with Crippen molar-refractivity contribution in [1.29, 1.82) is 0 Å². The number of alkyl halides is 3. The average Bonchev–Trinajstić information content (AvgIpc) is 2.46. The topological polar surface area (TPSA) is 61.2 Å². The Morgan fingerprint density at radius 2 is 2.13 bits per heavy atom. The van der Waals surface area contributed by atoms with Crippen molar-refractivity contribution >= 4 is 10.1 Å². The standard InChI is InChI=1S/C6H7F3N2O3S/c1-11-5(2-3-10-11)4-14-15(12,13)6(7,8)9/h2-3H,4H2,1H3. The highest BCUT2D eigenvalue weighted by Gasteiger charge is 2.47. The molecule has 0 saturated carbocycles. The lowest BCUT2D eigenvalue weighted by atomic mass is 10.5. The predicted molar refractivity (Wildman–Crippen MR) is 43.0 cm³/mol. The van der Waals surface area contributed by atoms with E-state index < -0.39 is 22.2 Å². The first kappa shape index (κ1) is 12.0. The van der Waals surface area contributed by atoms with Crippen LogP contribution in [0.1, 0.15) is 5.69 Å². The van der Waals surface area contributed by atoms with E-state index in [1.807, 2.05) is 0 Å². The van der Waals surface area contributed by atoms with Gasteiger partial charge in [-0.2, -0.15) is 26.7 Å². The molecule has 1 aromatic rings. The minimum absolute atomic E-state index is 0.225. The fourth-order valence-corrected chi connectivity index (χ4v) is 1.16. The maximum Gasteiger partial charge on any atom is 0.523 e. The van der Waals surface area contributed by atoms with Gasteiger partial charge in [0.25, 0.3) is 0 Å². The van der Waals surface area contributed by atoms with Crippen LogP contribution in [0.4, 0.5) is 13.2 Å². The second-order valence-electron chi connectivity index (χ2n) is 2.61. The van der Waals surface area contributed by atoms with Crippen LogP contribution in [-0.2, 0) is 28.0 Å². The smallest absolute Gasteiger partial charge is 0.270 e. The van der Waals surface area contributed by atoms with Crippen LogP contribution in [0, 0.1) is 0 Å². The van der Waals surface area contributed by atoms with Crippen LogP contribution in [0.5, 0.6) is 0 Å². The Morgan fingerprint density at radius 1 is 1.53 bits per heavy atom. The molecule has 0 aromatic carbocycles. The van der Waals surface area contributed by atoms with Gasteiger partial charge in [0.2, 0.25) is 0 Å². The normalized spacial score (nSPS) is 13.1. The SMILES string of the molecule is Cn1nccc1COS(=O)(=O)C(F)(F)F. The molecule has 5 nitrogen and oxygen atoms in total. The van der Waals surface area contributed by atoms with Gasteiger partial charge in [-0.3, -0.25) is 8.86 Å². The Morgan fingerprint density at radius 3 is 2.53 bits per heavy atom. The van der Waals surface area contributed by atoms with Gasteiger partial charge in [0.15, 0.2) is 0 Å². The number of nitrogens with zero attached hydrogens (tertiary/aromatic N) is 2. The molecule has 0 aliphatic carbocycles. The van der Waals surface area contributed by atoms with Gasteiger partial charge < -0.3 is 0 Å². The molecule has 0 fully saturated rings. The van der Waals surface area contributed by atoms with Gasteiger partial charge in [-0.25, -0.2) is 0 Å². The van der Waals surface area contributed by atoms with Gasteiger partial charge in [-0.1, -0.05) is 0 Å². The molecule has 0 bridgehead atoms. The van der Waals surface area contributed by atoms with Crippen molar-refractivity contribution in [2.45, 2.75) is 12.1 Å². The maximum atomic E-state index is 11.8. The largest absolute Gasteiger partial charge is 0.523 e. The molecular weight excluding hydrogens is 237 g/mol. The van der Waals surface area contributed by atoms with Crippen molar-refractivity contribution in [3.8, 4) is 0 Å². The van der Waals surface area contributed by atoms with Crippen LogP contribution in [-0.4, -0.2) is 23.7 Å². The van der Waals surface area contributed by atoms with Crippen molar-refractivity contribution < 1.29 is 25.8 Å². The zero-order valence-corrected chi connectivity index (χ0v) is 8.34. The molecule has 0 N–H and O–H groups in total. The summed E-state index contributed by atoms with van der Waals surface area (Å²) >= 11 is 0. The zero-order valence-electron chi connectivity index (χ0n) is 7.52. The van der Waals surface area contributed by atoms with E-state index in [1.165, 1.54) is 24.0 Å². The molecule has 1 aromatic heterocycles. The molecule has 0 aliphatic rings. The number of rotatable bonds is 3. The molecule has 1 rings (SSSR count). The molecular formula is C6H7F3N2O3S. The monoisotopic (exact) mass is 244 g/mol. The van der Waals surface area contributed by atoms with Crippen LogP contribution in [0.2, 0.25) is 0 Å². The van der Waals surface area contributed by atoms with Crippen molar-refractivity contribution in [2.24, 2.45) is 7.05 Å². The summed E-state index contributed by atoms with van der Waals surface area (Å²) in [4.78, 5) is 0. The van der Waals surface area contributed by atoms with Gasteiger partial charge in [-0.15, -0.1) is 0 Å². The van der Waals surface area contributed by atoms with Gasteiger partial charge in [0.1, 0.15) is 6.61 Å². The first-order chi connectivity index (χ1) is 6.74. The highest BCUT2D eigenvalue weighted by atomic mass is 32.2. The molecule has 86 valence electrons. The zero-order chi connectivity index (χ0) is 11.7. The number of aryl methyl sites for hydroxylation is 1. The van der Waals surface area contributed by atoms with Gasteiger partial charge in [0, 0.05) is 13.2 Å². The second-order valence-corrected chi connectivity index (χ2v) is 4.22. The van der Waals surface area contributed by atoms with E-state index in [2.05, 4.69) is 9.28 Å². The van der Waals surface area contributed by atoms with Crippen molar-refractivity contribution in [1.82, 2.24) is 9.78 Å². The maximum absolute atomic E-state index is 11.8. The summed E-state index contributed by atoms with van der Waals surface area (Å²) in [5.74, 6) is 0. The van der Waals surface area contributed by atoms with Gasteiger partial charge in [0.05, 0.1) is 5.69 Å². The Bertz CT molecular complexity index is 437. The summed E-state index contributed by atoms with van der Waals surface area (Å²) in [6.45, 7) is -0.696. The van der Waals surface area contributed by atoms with E-state index >= 15 is 0 Å². The van der Waals surface area contributed by atoms with E-state index in [0.717, 1.165) is 0 Å². The molecule has 0 atom stereocenters. The first-order valence-electron chi connectivity index (χ1n) is 3.66. The number of aromatic nitrogens is 2. The Kier molecular flexibility index (Phi) is 3.05. The minimum atomic E-state index is -5.53. The minimum Gasteiger partial charge on any atom is -0.270 e. The molecule has 15 heavy (non-hydrogen) atoms. The van der Waals surface area contributed by atoms with Crippen LogP contribution in [0.3, 0.4) is 0 Å². The molecule has 0 radical (unpaired) electrons. The highest BCUT2D eigenvalue weighted by molar-refractivity contribution is 7.87. The van der Waals surface area contributed by atoms with E-state index in [-0.39, 0.29) is 5.69 Å². The summed E-state index contributed by atoms with van der Waals surface area (Å²) in [5.41, 5.74) is -5.17. The van der Waals surface area contributed by atoms with Crippen LogP contribution >= 0.6 is 0 Å². The van der Waals surface area contributed by atoms with Crippen molar-refractivity contribution in [2.75, 3.05) is 0 Å². The van der Waals surface area contributed by atoms with E-state index in [0.29, 0.717) is 0 Å². The molecule has 0 aliphatic heterocycles. The summed E-state index contributed by atoms with van der Waals surface area (Å²) in [7, 11) is -4.07. The average molecular weight is 244 g/mol. The van der Waals surface area contributed by atoms with Crippen molar-refractivity contribution in [3.05, 3.63) is 18.0 Å². The molecule has 0 unspecified atom stereocenters. The summed E-state index contributed by atoms with van der Waals surface area (Å²) in [5, 5.41) is 3.64. The molecule has 0 spiro atoms. The van der Waals surface area contributed by atoms with Gasteiger partial charge in [-0.05, 0) is 6.07 Å². The Labute approximate surface area is 83.6 Å². The Hall–Kier alpha value is -1.09. The summed E-state index contributed by atoms with van der Waals surface area (Å²) in [6.07, 6.45) is 1.32. The van der Waals surface area contributed by atoms with E-state index in [1.54, 1.807) is 0 Å². The summed E-state index contributed by atoms with van der Waals surface area (Å²) in [6, 6.07) is 1.35. The fourth-order valence-electron chi connectivity index (χ4n) is 0.748. The second kappa shape index (κ2) is 3.81. The third-order valence-corrected chi connectivity index (χ3v) is 2.56. The van der Waals surface area contributed by atoms with Gasteiger partial charge >= 0.3 is 15.6 Å². The lowest BCUT2D eigenvalue weighted by Crippen LogP contribution is -2.25. The number of halogens is 3. The molecule has 9 heteroatoms. The van der Waals surface area contributed by atoms with Crippen LogP contribution in [0.25, 0.3) is 0 Å². The van der Waals surface area contributed by atoms with Crippen LogP contribution < -0.4 is 0 Å². The molecule has 0 amide bonds. The summed E-state index contributed by atoms with van der Waals surface area (Å²) < 4.78 is 61.5. The number of hydrogen-bond donors (Lipinski definition) is 0. The fraction of sp³-hybridized carbons (Fsp3) is 0.500. The Balaban J connectivity index is 2.71.